The Hall–Kier alpha value is 0.400. The molecule has 0 amide bonds. The third-order valence-corrected chi connectivity index (χ3v) is 4.70. The van der Waals surface area contributed by atoms with Crippen molar-refractivity contribution in [1.29, 1.82) is 0 Å². The SMILES string of the molecule is CCOP(=O)(OCC)C(C)(C)CN.Cl. The third-order valence-electron chi connectivity index (χ3n) is 1.84. The van der Waals surface area contributed by atoms with E-state index >= 15 is 0 Å². The first-order valence-electron chi connectivity index (χ1n) is 4.52. The van der Waals surface area contributed by atoms with Gasteiger partial charge in [-0.1, -0.05) is 0 Å². The quantitative estimate of drug-likeness (QED) is 0.730. The Kier molecular flexibility index (Phi) is 8.17. The summed E-state index contributed by atoms with van der Waals surface area (Å²) in [7, 11) is -3.05. The molecule has 0 bridgehead atoms. The van der Waals surface area contributed by atoms with Crippen LogP contribution in [0, 0.1) is 0 Å². The fourth-order valence-corrected chi connectivity index (χ4v) is 2.52. The lowest BCUT2D eigenvalue weighted by Crippen LogP contribution is -2.32. The van der Waals surface area contributed by atoms with E-state index < -0.39 is 12.8 Å². The molecule has 0 rings (SSSR count). The lowest BCUT2D eigenvalue weighted by atomic mass is 10.2. The molecule has 0 aromatic carbocycles. The van der Waals surface area contributed by atoms with E-state index in [1.54, 1.807) is 27.7 Å². The lowest BCUT2D eigenvalue weighted by molar-refractivity contribution is 0.201. The Bertz CT molecular complexity index is 189. The van der Waals surface area contributed by atoms with E-state index in [0.717, 1.165) is 0 Å². The van der Waals surface area contributed by atoms with Gasteiger partial charge in [-0.25, -0.2) is 0 Å². The Morgan fingerprint density at radius 2 is 1.57 bits per heavy atom. The molecular weight excluding hydrogens is 225 g/mol. The van der Waals surface area contributed by atoms with Gasteiger partial charge in [0.05, 0.1) is 18.4 Å². The van der Waals surface area contributed by atoms with Gasteiger partial charge in [0.1, 0.15) is 0 Å². The van der Waals surface area contributed by atoms with Crippen LogP contribution < -0.4 is 5.73 Å². The molecule has 88 valence electrons. The summed E-state index contributed by atoms with van der Waals surface area (Å²) >= 11 is 0. The van der Waals surface area contributed by atoms with Crippen LogP contribution in [0.3, 0.4) is 0 Å². The van der Waals surface area contributed by atoms with Crippen molar-refractivity contribution in [1.82, 2.24) is 0 Å². The molecule has 0 aliphatic rings. The lowest BCUT2D eigenvalue weighted by Gasteiger charge is -2.31. The van der Waals surface area contributed by atoms with Gasteiger partial charge < -0.3 is 14.8 Å². The molecule has 0 heterocycles. The number of rotatable bonds is 6. The van der Waals surface area contributed by atoms with Crippen molar-refractivity contribution < 1.29 is 13.6 Å². The maximum Gasteiger partial charge on any atom is 0.337 e. The molecule has 0 saturated carbocycles. The second-order valence-corrected chi connectivity index (χ2v) is 6.07. The third kappa shape index (κ3) is 3.87. The van der Waals surface area contributed by atoms with E-state index in [1.807, 2.05) is 0 Å². The van der Waals surface area contributed by atoms with Gasteiger partial charge in [0, 0.05) is 6.54 Å². The van der Waals surface area contributed by atoms with Crippen LogP contribution >= 0.6 is 20.0 Å². The fraction of sp³-hybridized carbons (Fsp3) is 1.00. The molecule has 0 radical (unpaired) electrons. The first-order valence-corrected chi connectivity index (χ1v) is 6.07. The van der Waals surface area contributed by atoms with Crippen molar-refractivity contribution >= 4 is 20.0 Å². The predicted octanol–water partition coefficient (Wildman–Crippen LogP) is 2.41. The van der Waals surface area contributed by atoms with E-state index in [0.29, 0.717) is 13.2 Å². The Morgan fingerprint density at radius 1 is 1.21 bits per heavy atom. The van der Waals surface area contributed by atoms with Crippen LogP contribution in [0.15, 0.2) is 0 Å². The van der Waals surface area contributed by atoms with Crippen LogP contribution in [0.4, 0.5) is 0 Å². The maximum atomic E-state index is 12.1. The zero-order valence-corrected chi connectivity index (χ0v) is 11.0. The Labute approximate surface area is 92.5 Å². The average molecular weight is 246 g/mol. The topological polar surface area (TPSA) is 61.5 Å². The van der Waals surface area contributed by atoms with Crippen molar-refractivity contribution in [2.75, 3.05) is 19.8 Å². The van der Waals surface area contributed by atoms with Gasteiger partial charge in [0.15, 0.2) is 0 Å². The highest BCUT2D eigenvalue weighted by atomic mass is 35.5. The summed E-state index contributed by atoms with van der Waals surface area (Å²) in [5, 5.41) is -0.612. The standard InChI is InChI=1S/C8H20NO3P.ClH/c1-5-11-13(10,12-6-2)8(3,4)7-9;/h5-7,9H2,1-4H3;1H. The van der Waals surface area contributed by atoms with E-state index in [2.05, 4.69) is 0 Å². The van der Waals surface area contributed by atoms with E-state index in [1.165, 1.54) is 0 Å². The molecule has 14 heavy (non-hydrogen) atoms. The largest absolute Gasteiger partial charge is 0.337 e. The Balaban J connectivity index is 0. The molecular formula is C8H21ClNO3P. The van der Waals surface area contributed by atoms with Gasteiger partial charge in [-0.2, -0.15) is 0 Å². The number of nitrogens with two attached hydrogens (primary N) is 1. The molecule has 0 saturated heterocycles. The summed E-state index contributed by atoms with van der Waals surface area (Å²) in [4.78, 5) is 0. The molecule has 0 fully saturated rings. The molecule has 0 aliphatic heterocycles. The molecule has 0 aromatic heterocycles. The van der Waals surface area contributed by atoms with E-state index in [-0.39, 0.29) is 19.0 Å². The van der Waals surface area contributed by atoms with Gasteiger partial charge in [-0.3, -0.25) is 4.57 Å². The second kappa shape index (κ2) is 6.81. The first-order chi connectivity index (χ1) is 5.93. The molecule has 0 unspecified atom stereocenters. The summed E-state index contributed by atoms with van der Waals surface area (Å²) in [6, 6.07) is 0. The van der Waals surface area contributed by atoms with Crippen LogP contribution in [0.5, 0.6) is 0 Å². The molecule has 4 nitrogen and oxygen atoms in total. The minimum atomic E-state index is -3.05. The van der Waals surface area contributed by atoms with Crippen molar-refractivity contribution in [3.8, 4) is 0 Å². The van der Waals surface area contributed by atoms with Gasteiger partial charge in [0.25, 0.3) is 0 Å². The van der Waals surface area contributed by atoms with E-state index in [9.17, 15) is 4.57 Å². The molecule has 0 aliphatic carbocycles. The maximum absolute atomic E-state index is 12.1. The zero-order valence-electron chi connectivity index (χ0n) is 9.28. The zero-order chi connectivity index (χ0) is 10.5. The van der Waals surface area contributed by atoms with Crippen molar-refractivity contribution in [3.05, 3.63) is 0 Å². The fourth-order valence-electron chi connectivity index (χ4n) is 0.838. The van der Waals surface area contributed by atoms with Crippen LogP contribution in [0.2, 0.25) is 0 Å². The summed E-state index contributed by atoms with van der Waals surface area (Å²) < 4.78 is 22.5. The molecule has 0 atom stereocenters. The van der Waals surface area contributed by atoms with Crippen LogP contribution in [0.1, 0.15) is 27.7 Å². The minimum Gasteiger partial charge on any atom is -0.329 e. The summed E-state index contributed by atoms with van der Waals surface area (Å²) in [5.74, 6) is 0. The Morgan fingerprint density at radius 3 is 1.79 bits per heavy atom. The van der Waals surface area contributed by atoms with Crippen LogP contribution in [0.25, 0.3) is 0 Å². The molecule has 2 N–H and O–H groups in total. The first kappa shape index (κ1) is 16.8. The molecule has 0 spiro atoms. The number of halogens is 1. The normalized spacial score (nSPS) is 12.4. The summed E-state index contributed by atoms with van der Waals surface area (Å²) in [6.45, 7) is 8.19. The molecule has 6 heteroatoms. The smallest absolute Gasteiger partial charge is 0.329 e. The highest BCUT2D eigenvalue weighted by molar-refractivity contribution is 7.55. The summed E-state index contributed by atoms with van der Waals surface area (Å²) in [6.07, 6.45) is 0. The average Bonchev–Trinajstić information content (AvgIpc) is 2.05. The van der Waals surface area contributed by atoms with Crippen LogP contribution in [-0.4, -0.2) is 24.9 Å². The van der Waals surface area contributed by atoms with Gasteiger partial charge in [-0.05, 0) is 27.7 Å². The molecule has 0 aromatic rings. The number of hydrogen-bond acceptors (Lipinski definition) is 4. The second-order valence-electron chi connectivity index (χ2n) is 3.35. The monoisotopic (exact) mass is 245 g/mol. The van der Waals surface area contributed by atoms with E-state index in [4.69, 9.17) is 14.8 Å². The minimum absolute atomic E-state index is 0. The predicted molar refractivity (Wildman–Crippen MR) is 61.2 cm³/mol. The van der Waals surface area contributed by atoms with Crippen molar-refractivity contribution in [2.24, 2.45) is 5.73 Å². The van der Waals surface area contributed by atoms with Gasteiger partial charge in [-0.15, -0.1) is 12.4 Å². The van der Waals surface area contributed by atoms with Gasteiger partial charge >= 0.3 is 7.60 Å². The van der Waals surface area contributed by atoms with Crippen molar-refractivity contribution in [2.45, 2.75) is 32.9 Å². The van der Waals surface area contributed by atoms with Crippen LogP contribution in [-0.2, 0) is 13.6 Å². The van der Waals surface area contributed by atoms with Crippen molar-refractivity contribution in [3.63, 3.8) is 0 Å². The number of hydrogen-bond donors (Lipinski definition) is 1. The highest BCUT2D eigenvalue weighted by Crippen LogP contribution is 2.59. The highest BCUT2D eigenvalue weighted by Gasteiger charge is 2.41. The summed E-state index contributed by atoms with van der Waals surface area (Å²) in [5.41, 5.74) is 5.52. The van der Waals surface area contributed by atoms with Gasteiger partial charge in [0.2, 0.25) is 0 Å².